The van der Waals surface area contributed by atoms with Crippen LogP contribution in [0.5, 0.6) is 5.88 Å². The fourth-order valence-electron chi connectivity index (χ4n) is 4.07. The molecule has 3 aromatic rings. The Labute approximate surface area is 158 Å². The lowest BCUT2D eigenvalue weighted by molar-refractivity contribution is -0.120. The third kappa shape index (κ3) is 1.87. The van der Waals surface area contributed by atoms with Gasteiger partial charge in [-0.25, -0.2) is 4.39 Å². The van der Waals surface area contributed by atoms with Crippen LogP contribution in [0.2, 0.25) is 0 Å². The highest BCUT2D eigenvalue weighted by atomic mass is 19.1. The second-order valence-corrected chi connectivity index (χ2v) is 6.63. The van der Waals surface area contributed by atoms with Crippen molar-refractivity contribution in [1.82, 2.24) is 10.2 Å². The van der Waals surface area contributed by atoms with Crippen LogP contribution in [0.15, 0.2) is 48.5 Å². The summed E-state index contributed by atoms with van der Waals surface area (Å²) in [7, 11) is 0. The average molecular weight is 373 g/mol. The van der Waals surface area contributed by atoms with Crippen molar-refractivity contribution in [3.63, 3.8) is 0 Å². The molecule has 3 heterocycles. The molecule has 8 heteroatoms. The van der Waals surface area contributed by atoms with Crippen LogP contribution in [0.25, 0.3) is 11.3 Å². The van der Waals surface area contributed by atoms with E-state index in [1.807, 2.05) is 36.4 Å². The van der Waals surface area contributed by atoms with Crippen LogP contribution in [0, 0.1) is 28.5 Å². The zero-order chi connectivity index (χ0) is 19.5. The maximum atomic E-state index is 14.2. The molecule has 0 bridgehead atoms. The summed E-state index contributed by atoms with van der Waals surface area (Å²) >= 11 is 0. The number of rotatable bonds is 1. The number of carbonyl (C=O) groups excluding carboxylic acids is 1. The van der Waals surface area contributed by atoms with Gasteiger partial charge in [0, 0.05) is 16.8 Å². The maximum absolute atomic E-state index is 14.2. The number of amides is 1. The van der Waals surface area contributed by atoms with Gasteiger partial charge in [-0.15, -0.1) is 5.10 Å². The molecule has 2 aliphatic rings. The minimum atomic E-state index is -1.64. The summed E-state index contributed by atoms with van der Waals surface area (Å²) in [6, 6.07) is 15.1. The highest BCUT2D eigenvalue weighted by Crippen LogP contribution is 2.55. The van der Waals surface area contributed by atoms with Crippen LogP contribution >= 0.6 is 0 Å². The Morgan fingerprint density at radius 1 is 1.25 bits per heavy atom. The Kier molecular flexibility index (Phi) is 3.18. The number of aromatic amines is 1. The number of hydrogen-bond donors (Lipinski definition) is 3. The Morgan fingerprint density at radius 3 is 2.79 bits per heavy atom. The topological polar surface area (TPSA) is 115 Å². The molecular weight excluding hydrogens is 361 g/mol. The third-order valence-corrected chi connectivity index (χ3v) is 5.23. The Balaban J connectivity index is 1.91. The second kappa shape index (κ2) is 5.50. The van der Waals surface area contributed by atoms with E-state index < -0.39 is 29.0 Å². The molecule has 2 aromatic carbocycles. The van der Waals surface area contributed by atoms with E-state index in [1.54, 1.807) is 0 Å². The minimum Gasteiger partial charge on any atom is -0.422 e. The molecule has 1 aromatic heterocycles. The smallest absolute Gasteiger partial charge is 0.244 e. The van der Waals surface area contributed by atoms with Crippen molar-refractivity contribution >= 4 is 17.5 Å². The Morgan fingerprint density at radius 2 is 2.04 bits per heavy atom. The lowest BCUT2D eigenvalue weighted by Crippen LogP contribution is -2.50. The van der Waals surface area contributed by atoms with Crippen molar-refractivity contribution in [2.45, 2.75) is 5.41 Å². The quantitative estimate of drug-likeness (QED) is 0.608. The van der Waals surface area contributed by atoms with Gasteiger partial charge in [-0.1, -0.05) is 30.3 Å². The van der Waals surface area contributed by atoms with Crippen molar-refractivity contribution in [3.05, 3.63) is 65.5 Å². The standard InChI is InChI=1S/C20H12FN5O2/c21-11-6-7-14-12(8-11)20(19(27)24-14)13(9-22)17(23)28-18-15(20)16(25-26-18)10-4-2-1-3-5-10/h1-8,13,23H,(H,24,27)(H,25,26). The SMILES string of the molecule is N#CC1C(=N)Oc2n[nH]c(-c3ccccc3)c2C12C(=O)Nc1ccc(F)cc12. The van der Waals surface area contributed by atoms with E-state index in [0.29, 0.717) is 16.9 Å². The number of nitriles is 1. The minimum absolute atomic E-state index is 0.0302. The van der Waals surface area contributed by atoms with Gasteiger partial charge in [0.2, 0.25) is 17.7 Å². The summed E-state index contributed by atoms with van der Waals surface area (Å²) in [5.41, 5.74) is 0.569. The van der Waals surface area contributed by atoms with Crippen LogP contribution in [-0.2, 0) is 10.2 Å². The number of aromatic nitrogens is 2. The summed E-state index contributed by atoms with van der Waals surface area (Å²) in [6.07, 6.45) is 0. The molecule has 7 nitrogen and oxygen atoms in total. The number of anilines is 1. The first kappa shape index (κ1) is 16.2. The number of hydrogen-bond acceptors (Lipinski definition) is 5. The van der Waals surface area contributed by atoms with E-state index >= 15 is 0 Å². The summed E-state index contributed by atoms with van der Waals surface area (Å²) in [5.74, 6) is -2.72. The van der Waals surface area contributed by atoms with Crippen LogP contribution in [0.4, 0.5) is 10.1 Å². The molecule has 2 unspecified atom stereocenters. The summed E-state index contributed by atoms with van der Waals surface area (Å²) in [4.78, 5) is 13.3. The largest absolute Gasteiger partial charge is 0.422 e. The second-order valence-electron chi connectivity index (χ2n) is 6.63. The van der Waals surface area contributed by atoms with Gasteiger partial charge in [0.1, 0.15) is 17.2 Å². The fraction of sp³-hybridized carbons (Fsp3) is 0.100. The van der Waals surface area contributed by atoms with Crippen LogP contribution < -0.4 is 10.1 Å². The number of H-pyrrole nitrogens is 1. The van der Waals surface area contributed by atoms with E-state index in [0.717, 1.165) is 5.56 Å². The maximum Gasteiger partial charge on any atom is 0.244 e. The van der Waals surface area contributed by atoms with Gasteiger partial charge >= 0.3 is 0 Å². The van der Waals surface area contributed by atoms with E-state index in [1.165, 1.54) is 18.2 Å². The zero-order valence-electron chi connectivity index (χ0n) is 14.3. The van der Waals surface area contributed by atoms with Crippen molar-refractivity contribution in [1.29, 1.82) is 10.7 Å². The van der Waals surface area contributed by atoms with Gasteiger partial charge in [0.05, 0.1) is 17.3 Å². The zero-order valence-corrected chi connectivity index (χ0v) is 14.3. The first-order valence-corrected chi connectivity index (χ1v) is 8.49. The number of carbonyl (C=O) groups is 1. The van der Waals surface area contributed by atoms with Crippen LogP contribution in [0.1, 0.15) is 11.1 Å². The Bertz CT molecular complexity index is 1200. The first-order chi connectivity index (χ1) is 13.6. The molecule has 0 radical (unpaired) electrons. The normalized spacial score (nSPS) is 22.2. The number of halogens is 1. The number of ether oxygens (including phenoxy) is 1. The Hall–Kier alpha value is -3.99. The lowest BCUT2D eigenvalue weighted by Gasteiger charge is -2.35. The lowest BCUT2D eigenvalue weighted by atomic mass is 9.65. The molecule has 0 fully saturated rings. The molecule has 2 atom stereocenters. The molecule has 1 amide bonds. The monoisotopic (exact) mass is 373 g/mol. The predicted molar refractivity (Wildman–Crippen MR) is 97.3 cm³/mol. The highest BCUT2D eigenvalue weighted by Gasteiger charge is 2.62. The van der Waals surface area contributed by atoms with E-state index in [2.05, 4.69) is 15.5 Å². The van der Waals surface area contributed by atoms with Crippen molar-refractivity contribution in [3.8, 4) is 23.2 Å². The van der Waals surface area contributed by atoms with Gasteiger partial charge in [-0.3, -0.25) is 15.3 Å². The van der Waals surface area contributed by atoms with Crippen molar-refractivity contribution < 1.29 is 13.9 Å². The molecule has 136 valence electrons. The molecule has 0 aliphatic carbocycles. The van der Waals surface area contributed by atoms with Gasteiger partial charge in [0.15, 0.2) is 0 Å². The number of nitrogens with zero attached hydrogens (tertiary/aromatic N) is 2. The van der Waals surface area contributed by atoms with Gasteiger partial charge < -0.3 is 10.1 Å². The molecule has 1 spiro atoms. The number of nitrogens with one attached hydrogen (secondary N) is 3. The van der Waals surface area contributed by atoms with E-state index in [9.17, 15) is 14.4 Å². The summed E-state index contributed by atoms with van der Waals surface area (Å²) in [5, 5.41) is 27.8. The summed E-state index contributed by atoms with van der Waals surface area (Å²) in [6.45, 7) is 0. The average Bonchev–Trinajstić information content (AvgIpc) is 3.23. The number of benzene rings is 2. The van der Waals surface area contributed by atoms with Crippen molar-refractivity contribution in [2.24, 2.45) is 5.92 Å². The van der Waals surface area contributed by atoms with Crippen molar-refractivity contribution in [2.75, 3.05) is 5.32 Å². The van der Waals surface area contributed by atoms with Gasteiger partial charge in [0.25, 0.3) is 0 Å². The molecule has 5 rings (SSSR count). The predicted octanol–water partition coefficient (Wildman–Crippen LogP) is 2.96. The van der Waals surface area contributed by atoms with E-state index in [4.69, 9.17) is 10.1 Å². The fourth-order valence-corrected chi connectivity index (χ4v) is 4.07. The van der Waals surface area contributed by atoms with Crippen LogP contribution in [0.3, 0.4) is 0 Å². The molecule has 3 N–H and O–H groups in total. The summed E-state index contributed by atoms with van der Waals surface area (Å²) < 4.78 is 19.6. The number of fused-ring (bicyclic) bond motifs is 4. The van der Waals surface area contributed by atoms with E-state index in [-0.39, 0.29) is 11.4 Å². The van der Waals surface area contributed by atoms with Gasteiger partial charge in [-0.05, 0) is 18.2 Å². The molecule has 0 saturated heterocycles. The first-order valence-electron chi connectivity index (χ1n) is 8.49. The highest BCUT2D eigenvalue weighted by molar-refractivity contribution is 6.14. The molecule has 2 aliphatic heterocycles. The molecule has 28 heavy (non-hydrogen) atoms. The molecule has 0 saturated carbocycles. The van der Waals surface area contributed by atoms with Gasteiger partial charge in [-0.2, -0.15) is 5.26 Å². The van der Waals surface area contributed by atoms with Crippen LogP contribution in [-0.4, -0.2) is 22.0 Å². The molecular formula is C20H12FN5O2. The third-order valence-electron chi connectivity index (χ3n) is 5.23.